The second-order valence-electron chi connectivity index (χ2n) is 6.46. The van der Waals surface area contributed by atoms with Gasteiger partial charge in [0, 0.05) is 5.56 Å². The quantitative estimate of drug-likeness (QED) is 0.469. The van der Waals surface area contributed by atoms with Crippen molar-refractivity contribution in [3.05, 3.63) is 76.9 Å². The Labute approximate surface area is 146 Å². The standard InChI is InChI=1S/C23H29F/c1-3-5-7-19-9-11-20(12-10-19)13-14-21-15-17-22(18-16-21)23(24)8-6-4-2/h8-12,15-18H,3-7,13-14H2,1-2H3/b23-8+. The van der Waals surface area contributed by atoms with Gasteiger partial charge < -0.3 is 0 Å². The Morgan fingerprint density at radius 2 is 1.25 bits per heavy atom. The van der Waals surface area contributed by atoms with Crippen molar-refractivity contribution in [1.29, 1.82) is 0 Å². The normalized spacial score (nSPS) is 11.7. The number of allylic oxidation sites excluding steroid dienone is 1. The summed E-state index contributed by atoms with van der Waals surface area (Å²) in [4.78, 5) is 0. The summed E-state index contributed by atoms with van der Waals surface area (Å²) in [7, 11) is 0. The third-order valence-corrected chi connectivity index (χ3v) is 4.39. The highest BCUT2D eigenvalue weighted by atomic mass is 19.1. The van der Waals surface area contributed by atoms with Crippen molar-refractivity contribution in [3.8, 4) is 0 Å². The van der Waals surface area contributed by atoms with Crippen molar-refractivity contribution >= 4 is 5.83 Å². The maximum Gasteiger partial charge on any atom is 0.126 e. The van der Waals surface area contributed by atoms with Crippen LogP contribution in [0.5, 0.6) is 0 Å². The summed E-state index contributed by atoms with van der Waals surface area (Å²) < 4.78 is 13.9. The summed E-state index contributed by atoms with van der Waals surface area (Å²) in [6.45, 7) is 4.29. The SMILES string of the molecule is CCC/C=C(/F)c1ccc(CCc2ccc(CCCC)cc2)cc1. The molecule has 0 bridgehead atoms. The lowest BCUT2D eigenvalue weighted by molar-refractivity contribution is 0.750. The van der Waals surface area contributed by atoms with Crippen LogP contribution in [-0.2, 0) is 19.3 Å². The molecular weight excluding hydrogens is 295 g/mol. The molecule has 0 fully saturated rings. The van der Waals surface area contributed by atoms with Crippen molar-refractivity contribution in [2.24, 2.45) is 0 Å². The molecule has 0 unspecified atom stereocenters. The molecule has 128 valence electrons. The van der Waals surface area contributed by atoms with Crippen molar-refractivity contribution in [2.45, 2.75) is 58.8 Å². The number of halogens is 1. The Bertz CT molecular complexity index is 620. The monoisotopic (exact) mass is 324 g/mol. The van der Waals surface area contributed by atoms with E-state index in [1.54, 1.807) is 6.08 Å². The number of aryl methyl sites for hydroxylation is 3. The van der Waals surface area contributed by atoms with Crippen molar-refractivity contribution in [2.75, 3.05) is 0 Å². The van der Waals surface area contributed by atoms with Gasteiger partial charge in [0.25, 0.3) is 0 Å². The molecule has 0 amide bonds. The zero-order valence-electron chi connectivity index (χ0n) is 15.0. The van der Waals surface area contributed by atoms with Crippen LogP contribution in [0.15, 0.2) is 54.6 Å². The highest BCUT2D eigenvalue weighted by Gasteiger charge is 2.01. The van der Waals surface area contributed by atoms with Crippen LogP contribution in [0, 0.1) is 0 Å². The Balaban J connectivity index is 1.88. The molecule has 0 N–H and O–H groups in total. The molecule has 0 saturated carbocycles. The highest BCUT2D eigenvalue weighted by Crippen LogP contribution is 2.18. The van der Waals surface area contributed by atoms with Crippen LogP contribution in [0.25, 0.3) is 5.83 Å². The first kappa shape index (κ1) is 18.4. The first-order valence-corrected chi connectivity index (χ1v) is 9.25. The summed E-state index contributed by atoms with van der Waals surface area (Å²) in [5.74, 6) is -0.105. The molecule has 0 aliphatic rings. The van der Waals surface area contributed by atoms with Crippen LogP contribution >= 0.6 is 0 Å². The Kier molecular flexibility index (Phi) is 7.74. The first-order valence-electron chi connectivity index (χ1n) is 9.25. The summed E-state index contributed by atoms with van der Waals surface area (Å²) >= 11 is 0. The smallest absolute Gasteiger partial charge is 0.126 e. The zero-order valence-corrected chi connectivity index (χ0v) is 15.0. The van der Waals surface area contributed by atoms with Crippen LogP contribution in [0.1, 0.15) is 61.8 Å². The van der Waals surface area contributed by atoms with Gasteiger partial charge in [-0.3, -0.25) is 0 Å². The fourth-order valence-electron chi connectivity index (χ4n) is 2.76. The molecule has 2 rings (SSSR count). The lowest BCUT2D eigenvalue weighted by Crippen LogP contribution is -1.93. The van der Waals surface area contributed by atoms with Gasteiger partial charge in [0.15, 0.2) is 0 Å². The van der Waals surface area contributed by atoms with E-state index in [0.29, 0.717) is 5.56 Å². The van der Waals surface area contributed by atoms with Crippen LogP contribution < -0.4 is 0 Å². The van der Waals surface area contributed by atoms with Gasteiger partial charge in [-0.05, 0) is 54.9 Å². The molecular formula is C23H29F. The molecule has 0 saturated heterocycles. The number of hydrogen-bond donors (Lipinski definition) is 0. The van der Waals surface area contributed by atoms with Gasteiger partial charge in [-0.15, -0.1) is 0 Å². The maximum atomic E-state index is 13.9. The van der Waals surface area contributed by atoms with E-state index in [9.17, 15) is 4.39 Å². The summed E-state index contributed by atoms with van der Waals surface area (Å²) in [6, 6.07) is 16.9. The molecule has 2 aromatic carbocycles. The number of rotatable bonds is 9. The third-order valence-electron chi connectivity index (χ3n) is 4.39. The van der Waals surface area contributed by atoms with Gasteiger partial charge in [-0.2, -0.15) is 0 Å². The van der Waals surface area contributed by atoms with Gasteiger partial charge >= 0.3 is 0 Å². The van der Waals surface area contributed by atoms with Crippen molar-refractivity contribution in [3.63, 3.8) is 0 Å². The largest absolute Gasteiger partial charge is 0.207 e. The summed E-state index contributed by atoms with van der Waals surface area (Å²) in [5, 5.41) is 0. The molecule has 0 aromatic heterocycles. The molecule has 2 aromatic rings. The molecule has 1 heteroatoms. The molecule has 0 atom stereocenters. The lowest BCUT2D eigenvalue weighted by Gasteiger charge is -2.06. The highest BCUT2D eigenvalue weighted by molar-refractivity contribution is 5.59. The first-order chi connectivity index (χ1) is 11.7. The molecule has 0 aliphatic heterocycles. The molecule has 0 radical (unpaired) electrons. The van der Waals surface area contributed by atoms with Crippen LogP contribution in [0.4, 0.5) is 4.39 Å². The summed E-state index contributed by atoms with van der Waals surface area (Å²) in [6.07, 6.45) is 9.15. The fraction of sp³-hybridized carbons (Fsp3) is 0.391. The van der Waals surface area contributed by atoms with E-state index in [-0.39, 0.29) is 5.83 Å². The molecule has 24 heavy (non-hydrogen) atoms. The van der Waals surface area contributed by atoms with Crippen molar-refractivity contribution < 1.29 is 4.39 Å². The number of unbranched alkanes of at least 4 members (excludes halogenated alkanes) is 2. The molecule has 0 nitrogen and oxygen atoms in total. The van der Waals surface area contributed by atoms with Gasteiger partial charge in [0.2, 0.25) is 0 Å². The minimum absolute atomic E-state index is 0.105. The van der Waals surface area contributed by atoms with E-state index >= 15 is 0 Å². The average molecular weight is 324 g/mol. The Morgan fingerprint density at radius 3 is 1.75 bits per heavy atom. The maximum absolute atomic E-state index is 13.9. The Morgan fingerprint density at radius 1 is 0.750 bits per heavy atom. The topological polar surface area (TPSA) is 0 Å². The van der Waals surface area contributed by atoms with E-state index in [1.807, 2.05) is 24.3 Å². The second-order valence-corrected chi connectivity index (χ2v) is 6.46. The van der Waals surface area contributed by atoms with E-state index in [0.717, 1.165) is 25.7 Å². The van der Waals surface area contributed by atoms with E-state index in [1.165, 1.54) is 36.0 Å². The van der Waals surface area contributed by atoms with Gasteiger partial charge in [-0.1, -0.05) is 75.2 Å². The average Bonchev–Trinajstić information content (AvgIpc) is 2.64. The minimum Gasteiger partial charge on any atom is -0.207 e. The van der Waals surface area contributed by atoms with Crippen LogP contribution in [-0.4, -0.2) is 0 Å². The van der Waals surface area contributed by atoms with Gasteiger partial charge in [0.05, 0.1) is 0 Å². The van der Waals surface area contributed by atoms with Crippen LogP contribution in [0.2, 0.25) is 0 Å². The van der Waals surface area contributed by atoms with E-state index in [4.69, 9.17) is 0 Å². The number of hydrogen-bond acceptors (Lipinski definition) is 0. The predicted molar refractivity (Wildman–Crippen MR) is 103 cm³/mol. The Hall–Kier alpha value is -1.89. The fourth-order valence-corrected chi connectivity index (χ4v) is 2.76. The summed E-state index contributed by atoms with van der Waals surface area (Å²) in [5.41, 5.74) is 4.75. The van der Waals surface area contributed by atoms with Crippen LogP contribution in [0.3, 0.4) is 0 Å². The van der Waals surface area contributed by atoms with E-state index < -0.39 is 0 Å². The molecule has 0 spiro atoms. The third kappa shape index (κ3) is 5.96. The molecule has 0 aliphatic carbocycles. The number of benzene rings is 2. The van der Waals surface area contributed by atoms with Gasteiger partial charge in [0.1, 0.15) is 5.83 Å². The predicted octanol–water partition coefficient (Wildman–Crippen LogP) is 6.92. The van der Waals surface area contributed by atoms with Gasteiger partial charge in [-0.25, -0.2) is 4.39 Å². The van der Waals surface area contributed by atoms with E-state index in [2.05, 4.69) is 38.1 Å². The molecule has 0 heterocycles. The minimum atomic E-state index is -0.105. The van der Waals surface area contributed by atoms with Crippen molar-refractivity contribution in [1.82, 2.24) is 0 Å². The lowest BCUT2D eigenvalue weighted by atomic mass is 10.0. The second kappa shape index (κ2) is 10.1. The zero-order chi connectivity index (χ0) is 17.2.